The summed E-state index contributed by atoms with van der Waals surface area (Å²) in [5.74, 6) is 2.97. The Kier molecular flexibility index (Phi) is 20.4. The zero-order chi connectivity index (χ0) is 55.3. The number of aliphatic hydroxyl groups is 1. The molecule has 2 aromatic heterocycles. The number of aryl methyl sites for hydroxylation is 1. The van der Waals surface area contributed by atoms with Gasteiger partial charge in [0.25, 0.3) is 5.56 Å². The molecule has 1 N–H and O–H groups in total. The number of nitrogens with zero attached hydrogens (tertiary/aromatic N) is 4. The Morgan fingerprint density at radius 1 is 0.772 bits per heavy atom. The average molecular weight is 1120 g/mol. The Balaban J connectivity index is 0.617. The largest absolute Gasteiger partial charge is 0.493 e. The van der Waals surface area contributed by atoms with Gasteiger partial charge in [-0.3, -0.25) is 24.3 Å². The molecule has 422 valence electrons. The first kappa shape index (κ1) is 57.7. The predicted molar refractivity (Wildman–Crippen MR) is 312 cm³/mol. The first-order valence-corrected chi connectivity index (χ1v) is 30.5. The number of Topliss-reactive ketones (excluding diaryl/α,β-unsaturated/α-hetero) is 1. The van der Waals surface area contributed by atoms with Crippen LogP contribution in [0.3, 0.4) is 0 Å². The summed E-state index contributed by atoms with van der Waals surface area (Å²) in [6.07, 6.45) is 18.9. The number of aliphatic hydroxyl groups excluding tert-OH is 1. The molecule has 0 spiro atoms. The van der Waals surface area contributed by atoms with Crippen LogP contribution in [0.5, 0.6) is 23.0 Å². The number of fused-ring (bicyclic) bond motifs is 8. The molecule has 0 saturated carbocycles. The molecule has 1 amide bonds. The van der Waals surface area contributed by atoms with Gasteiger partial charge in [-0.25, -0.2) is 4.79 Å². The predicted octanol–water partition coefficient (Wildman–Crippen LogP) is 12.3. The molecule has 3 aliphatic rings. The molecule has 9 rings (SSSR count). The number of hydrogen-bond donors (Lipinski definition) is 1. The van der Waals surface area contributed by atoms with E-state index in [9.17, 15) is 24.3 Å². The number of pyridine rings is 2. The quantitative estimate of drug-likeness (QED) is 0.0213. The zero-order valence-corrected chi connectivity index (χ0v) is 47.9. The molecule has 2 saturated heterocycles. The molecular weight excluding hydrogens is 1040 g/mol. The first-order valence-electron chi connectivity index (χ1n) is 28.2. The lowest BCUT2D eigenvalue weighted by Crippen LogP contribution is -2.54. The third-order valence-corrected chi connectivity index (χ3v) is 18.3. The Hall–Kier alpha value is -6.01. The van der Waals surface area contributed by atoms with Crippen LogP contribution in [0.2, 0.25) is 0 Å². The summed E-state index contributed by atoms with van der Waals surface area (Å²) >= 11 is 0. The summed E-state index contributed by atoms with van der Waals surface area (Å²) < 4.78 is 35.9. The molecule has 0 radical (unpaired) electrons. The number of rotatable bonds is 28. The number of piperidine rings is 2. The number of likely N-dealkylation sites (N-methyl/N-ethyl adjacent to an activating group) is 1. The van der Waals surface area contributed by atoms with Crippen molar-refractivity contribution in [2.75, 3.05) is 46.9 Å². The molecule has 79 heavy (non-hydrogen) atoms. The van der Waals surface area contributed by atoms with Gasteiger partial charge in [0, 0.05) is 97.0 Å². The lowest BCUT2D eigenvalue weighted by Gasteiger charge is -2.48. The van der Waals surface area contributed by atoms with Crippen molar-refractivity contribution in [3.8, 4) is 23.0 Å². The third kappa shape index (κ3) is 14.7. The van der Waals surface area contributed by atoms with Crippen LogP contribution in [0.1, 0.15) is 125 Å². The van der Waals surface area contributed by atoms with Crippen molar-refractivity contribution in [3.05, 3.63) is 106 Å². The Morgan fingerprint density at radius 2 is 1.46 bits per heavy atom. The zero-order valence-electron chi connectivity index (χ0n) is 46.3. The second-order valence-electron chi connectivity index (χ2n) is 21.4. The fraction of sp³-hybridized carbons (Fsp3) is 0.500. The highest BCUT2D eigenvalue weighted by molar-refractivity contribution is 8.76. The van der Waals surface area contributed by atoms with Gasteiger partial charge < -0.3 is 43.0 Å². The summed E-state index contributed by atoms with van der Waals surface area (Å²) in [5, 5.41) is 12.3. The van der Waals surface area contributed by atoms with Gasteiger partial charge in [0.2, 0.25) is 6.79 Å². The van der Waals surface area contributed by atoms with E-state index in [2.05, 4.69) is 4.90 Å². The van der Waals surface area contributed by atoms with E-state index in [1.54, 1.807) is 64.7 Å². The fourth-order valence-electron chi connectivity index (χ4n) is 11.6. The van der Waals surface area contributed by atoms with Crippen molar-refractivity contribution in [1.29, 1.82) is 0 Å². The van der Waals surface area contributed by atoms with E-state index in [0.717, 1.165) is 70.5 Å². The SMILES string of the molecule is COc1cc2c(=O)n(CCN(C)C(=O)OCc3ccc(SSCCC(=O)CCCCCCCCCCCN4C5CCCC4CC(OC(=O)Cc4cc(C)ccc4CO)C5)cc3)c3c4cc5c(cc4ncc3c2cc1OC)OCO5. The van der Waals surface area contributed by atoms with Crippen molar-refractivity contribution < 1.29 is 47.9 Å². The number of benzene rings is 4. The first-order chi connectivity index (χ1) is 38.5. The van der Waals surface area contributed by atoms with Crippen molar-refractivity contribution in [2.45, 2.75) is 159 Å². The van der Waals surface area contributed by atoms with E-state index in [0.29, 0.717) is 80.9 Å². The standard InChI is InChI=1S/C62H76N4O11S2/c1-41-18-21-43(38-67)44(29-41)30-59(69)77-48-31-45-15-14-16-46(32-48)65(45)25-13-11-9-7-5-6-8-10-12-17-47(68)24-28-78-79-49-22-19-42(20-23-49)39-74-62(71)64(2)26-27-66-60-52-35-57-58(76-40-75-57)36-54(52)63-37-53(60)50-33-55(72-3)56(73-4)34-51(50)61(66)70/h18-23,29,33-37,45-46,48,67H,5-17,24-28,30-32,38-40H2,1-4H3. The van der Waals surface area contributed by atoms with E-state index in [-0.39, 0.29) is 57.1 Å². The van der Waals surface area contributed by atoms with Crippen LogP contribution in [-0.4, -0.2) is 107 Å². The third-order valence-electron chi connectivity index (χ3n) is 15.9. The molecule has 2 fully saturated rings. The summed E-state index contributed by atoms with van der Waals surface area (Å²) in [4.78, 5) is 63.2. The minimum Gasteiger partial charge on any atom is -0.493 e. The van der Waals surface area contributed by atoms with Gasteiger partial charge in [-0.2, -0.15) is 0 Å². The molecule has 15 nitrogen and oxygen atoms in total. The molecular formula is C62H76N4O11S2. The number of ether oxygens (including phenoxy) is 6. The maximum atomic E-state index is 14.3. The van der Waals surface area contributed by atoms with Crippen molar-refractivity contribution in [2.24, 2.45) is 0 Å². The highest BCUT2D eigenvalue weighted by Crippen LogP contribution is 2.41. The molecule has 2 bridgehead atoms. The van der Waals surface area contributed by atoms with Gasteiger partial charge in [-0.05, 0) is 86.2 Å². The monoisotopic (exact) mass is 1120 g/mol. The highest BCUT2D eigenvalue weighted by atomic mass is 33.1. The lowest BCUT2D eigenvalue weighted by molar-refractivity contribution is -0.154. The maximum absolute atomic E-state index is 14.3. The van der Waals surface area contributed by atoms with Crippen LogP contribution >= 0.6 is 21.6 Å². The lowest BCUT2D eigenvalue weighted by atomic mass is 9.82. The van der Waals surface area contributed by atoms with Gasteiger partial charge in [0.1, 0.15) is 18.5 Å². The maximum Gasteiger partial charge on any atom is 0.409 e. The van der Waals surface area contributed by atoms with E-state index in [1.165, 1.54) is 76.2 Å². The van der Waals surface area contributed by atoms with Crippen molar-refractivity contribution >= 4 is 72.0 Å². The molecule has 3 aliphatic heterocycles. The summed E-state index contributed by atoms with van der Waals surface area (Å²) in [6.45, 7) is 3.63. The van der Waals surface area contributed by atoms with E-state index < -0.39 is 6.09 Å². The Bertz CT molecular complexity index is 3140. The number of aromatic nitrogens is 2. The minimum absolute atomic E-state index is 0.0126. The van der Waals surface area contributed by atoms with Crippen LogP contribution in [-0.2, 0) is 45.2 Å². The number of carbonyl (C=O) groups is 3. The number of ketones is 1. The topological polar surface area (TPSA) is 168 Å². The van der Waals surface area contributed by atoms with Gasteiger partial charge in [0.05, 0.1) is 43.7 Å². The van der Waals surface area contributed by atoms with E-state index in [1.807, 2.05) is 55.5 Å². The molecule has 0 aliphatic carbocycles. The van der Waals surface area contributed by atoms with Crippen LogP contribution in [0.15, 0.2) is 82.6 Å². The number of esters is 1. The van der Waals surface area contributed by atoms with Crippen LogP contribution in [0.25, 0.3) is 32.6 Å². The van der Waals surface area contributed by atoms with Crippen LogP contribution < -0.4 is 24.5 Å². The normalized spacial score (nSPS) is 16.8. The van der Waals surface area contributed by atoms with Crippen molar-refractivity contribution in [1.82, 2.24) is 19.4 Å². The summed E-state index contributed by atoms with van der Waals surface area (Å²) in [6, 6.07) is 21.9. The smallest absolute Gasteiger partial charge is 0.409 e. The Morgan fingerprint density at radius 3 is 2.16 bits per heavy atom. The van der Waals surface area contributed by atoms with E-state index in [4.69, 9.17) is 33.4 Å². The second-order valence-corrected chi connectivity index (χ2v) is 23.9. The highest BCUT2D eigenvalue weighted by Gasteiger charge is 2.39. The number of hydrogen-bond acceptors (Lipinski definition) is 15. The molecule has 2 unspecified atom stereocenters. The van der Waals surface area contributed by atoms with Gasteiger partial charge in [0.15, 0.2) is 23.0 Å². The molecule has 4 aromatic carbocycles. The molecule has 5 heterocycles. The number of carbonyl (C=O) groups excluding carboxylic acids is 3. The molecule has 17 heteroatoms. The molecule has 6 aromatic rings. The Labute approximate surface area is 471 Å². The van der Waals surface area contributed by atoms with E-state index >= 15 is 0 Å². The minimum atomic E-state index is -0.514. The average Bonchev–Trinajstić information content (AvgIpc) is 4.12. The second kappa shape index (κ2) is 27.9. The number of unbranched alkanes of at least 4 members (excludes halogenated alkanes) is 8. The number of methoxy groups -OCH3 is 2. The van der Waals surface area contributed by atoms with Crippen LogP contribution in [0.4, 0.5) is 4.79 Å². The van der Waals surface area contributed by atoms with Gasteiger partial charge >= 0.3 is 12.1 Å². The fourth-order valence-corrected chi connectivity index (χ4v) is 13.6. The summed E-state index contributed by atoms with van der Waals surface area (Å²) in [5.41, 5.74) is 4.62. The van der Waals surface area contributed by atoms with Gasteiger partial charge in [-0.1, -0.05) is 109 Å². The van der Waals surface area contributed by atoms with Crippen molar-refractivity contribution in [3.63, 3.8) is 0 Å². The van der Waals surface area contributed by atoms with Gasteiger partial charge in [-0.15, -0.1) is 0 Å². The molecule has 2 atom stereocenters. The van der Waals surface area contributed by atoms with Crippen LogP contribution in [0, 0.1) is 6.92 Å². The number of amides is 1. The summed E-state index contributed by atoms with van der Waals surface area (Å²) in [7, 11) is 8.05.